The van der Waals surface area contributed by atoms with E-state index in [1.165, 1.54) is 25.3 Å². The molecule has 0 fully saturated rings. The Morgan fingerprint density at radius 3 is 2.51 bits per heavy atom. The first-order valence-electron chi connectivity index (χ1n) is 10.9. The van der Waals surface area contributed by atoms with Crippen molar-refractivity contribution in [3.8, 4) is 0 Å². The highest BCUT2D eigenvalue weighted by Gasteiger charge is 2.36. The van der Waals surface area contributed by atoms with E-state index < -0.39 is 84.5 Å². The third kappa shape index (κ3) is 7.31. The zero-order chi connectivity index (χ0) is 27.9. The molecule has 1 aromatic rings. The first-order chi connectivity index (χ1) is 17.4. The van der Waals surface area contributed by atoms with Crippen molar-refractivity contribution in [1.29, 1.82) is 0 Å². The molecular formula is C22H25F4N3O8. The number of anilines is 1. The van der Waals surface area contributed by atoms with Gasteiger partial charge in [-0.15, -0.1) is 0 Å². The Morgan fingerprint density at radius 2 is 1.92 bits per heavy atom. The van der Waals surface area contributed by atoms with Gasteiger partial charge in [-0.3, -0.25) is 19.7 Å². The molecule has 0 radical (unpaired) electrons. The monoisotopic (exact) mass is 535 g/mol. The minimum absolute atomic E-state index is 0.00489. The molecule has 37 heavy (non-hydrogen) atoms. The van der Waals surface area contributed by atoms with Gasteiger partial charge >= 0.3 is 12.1 Å². The number of aliphatic hydroxyl groups is 1. The third-order valence-corrected chi connectivity index (χ3v) is 5.28. The molecule has 0 bridgehead atoms. The Bertz CT molecular complexity index is 1140. The Kier molecular flexibility index (Phi) is 10.2. The van der Waals surface area contributed by atoms with Crippen LogP contribution in [0.1, 0.15) is 25.8 Å². The molecule has 15 heteroatoms. The molecule has 2 rings (SSSR count). The standard InChI is InChI=1S/C22H25F4N3O8/c1-3-14(29-6-4-5-12(21(29)34)28-22(35)36-2)20(33)27-13(8-16(31)32)15(30)9-37-19-17(25)10(23)7-11(24)18(19)26/h4-7,10,13-15,17,30H,3,8-9H2,1-2H3,(H,27,33)(H,28,35)(H,31,32)/t10?,13?,14-,15?,17?/m0/s1. The van der Waals surface area contributed by atoms with Crippen LogP contribution in [0.3, 0.4) is 0 Å². The highest BCUT2D eigenvalue weighted by molar-refractivity contribution is 5.84. The first-order valence-corrected chi connectivity index (χ1v) is 10.9. The fraction of sp³-hybridized carbons (Fsp3) is 0.455. The fourth-order valence-electron chi connectivity index (χ4n) is 3.39. The second-order valence-electron chi connectivity index (χ2n) is 7.81. The van der Waals surface area contributed by atoms with Gasteiger partial charge in [-0.25, -0.2) is 18.0 Å². The van der Waals surface area contributed by atoms with Crippen molar-refractivity contribution in [2.45, 2.75) is 50.3 Å². The second-order valence-corrected chi connectivity index (χ2v) is 7.81. The van der Waals surface area contributed by atoms with Crippen molar-refractivity contribution in [3.05, 3.63) is 52.2 Å². The molecule has 4 unspecified atom stereocenters. The third-order valence-electron chi connectivity index (χ3n) is 5.28. The van der Waals surface area contributed by atoms with E-state index in [1.54, 1.807) is 0 Å². The highest BCUT2D eigenvalue weighted by atomic mass is 19.2. The van der Waals surface area contributed by atoms with Crippen molar-refractivity contribution in [1.82, 2.24) is 9.88 Å². The van der Waals surface area contributed by atoms with Crippen LogP contribution in [-0.4, -0.2) is 71.0 Å². The molecule has 4 N–H and O–H groups in total. The number of allylic oxidation sites excluding steroid dienone is 4. The maximum atomic E-state index is 13.9. The number of ether oxygens (including phenoxy) is 2. The maximum absolute atomic E-state index is 13.9. The molecule has 11 nitrogen and oxygen atoms in total. The summed E-state index contributed by atoms with van der Waals surface area (Å²) in [6, 6.07) is -0.230. The lowest BCUT2D eigenvalue weighted by molar-refractivity contribution is -0.139. The van der Waals surface area contributed by atoms with Crippen molar-refractivity contribution in [2.24, 2.45) is 0 Å². The van der Waals surface area contributed by atoms with E-state index in [0.29, 0.717) is 0 Å². The number of carbonyl (C=O) groups is 3. The van der Waals surface area contributed by atoms with Crippen LogP contribution >= 0.6 is 0 Å². The van der Waals surface area contributed by atoms with Gasteiger partial charge in [-0.05, 0) is 24.6 Å². The molecular weight excluding hydrogens is 510 g/mol. The number of aromatic nitrogens is 1. The van der Waals surface area contributed by atoms with Gasteiger partial charge in [-0.1, -0.05) is 6.92 Å². The van der Waals surface area contributed by atoms with E-state index in [0.717, 1.165) is 11.7 Å². The van der Waals surface area contributed by atoms with Gasteiger partial charge in [0.25, 0.3) is 5.56 Å². The zero-order valence-electron chi connectivity index (χ0n) is 19.6. The zero-order valence-corrected chi connectivity index (χ0v) is 19.6. The smallest absolute Gasteiger partial charge is 0.411 e. The SMILES string of the molecule is CC[C@@H](C(=O)NC(CC(=O)O)C(O)COC1=C(F)C(F)=CC(F)C1F)n1cccc(NC(=O)OC)c1=O. The summed E-state index contributed by atoms with van der Waals surface area (Å²) in [5, 5.41) is 24.0. The highest BCUT2D eigenvalue weighted by Crippen LogP contribution is 2.32. The van der Waals surface area contributed by atoms with Crippen LogP contribution < -0.4 is 16.2 Å². The van der Waals surface area contributed by atoms with Crippen LogP contribution in [0.4, 0.5) is 28.0 Å². The predicted octanol–water partition coefficient (Wildman–Crippen LogP) is 2.04. The van der Waals surface area contributed by atoms with Crippen LogP contribution in [0.15, 0.2) is 46.6 Å². The number of carboxylic acid groups (broad SMARTS) is 1. The lowest BCUT2D eigenvalue weighted by Crippen LogP contribution is -2.49. The Morgan fingerprint density at radius 1 is 1.24 bits per heavy atom. The molecule has 1 aliphatic carbocycles. The number of methoxy groups -OCH3 is 1. The summed E-state index contributed by atoms with van der Waals surface area (Å²) >= 11 is 0. The number of hydrogen-bond acceptors (Lipinski definition) is 7. The molecule has 0 saturated heterocycles. The molecule has 0 aliphatic heterocycles. The molecule has 1 aromatic heterocycles. The number of aliphatic carboxylic acids is 1. The molecule has 0 aromatic carbocycles. The van der Waals surface area contributed by atoms with E-state index >= 15 is 0 Å². The number of carbonyl (C=O) groups excluding carboxylic acids is 2. The first kappa shape index (κ1) is 29.4. The van der Waals surface area contributed by atoms with Crippen molar-refractivity contribution in [2.75, 3.05) is 19.0 Å². The number of rotatable bonds is 11. The number of pyridine rings is 1. The quantitative estimate of drug-likeness (QED) is 0.314. The van der Waals surface area contributed by atoms with E-state index in [4.69, 9.17) is 4.74 Å². The van der Waals surface area contributed by atoms with Crippen LogP contribution in [0.25, 0.3) is 0 Å². The number of nitrogens with one attached hydrogen (secondary N) is 2. The van der Waals surface area contributed by atoms with Gasteiger partial charge < -0.3 is 29.6 Å². The molecule has 0 spiro atoms. The molecule has 5 atom stereocenters. The van der Waals surface area contributed by atoms with Gasteiger partial charge in [-0.2, -0.15) is 4.39 Å². The Labute approximate surface area is 207 Å². The molecule has 204 valence electrons. The van der Waals surface area contributed by atoms with Crippen molar-refractivity contribution in [3.63, 3.8) is 0 Å². The summed E-state index contributed by atoms with van der Waals surface area (Å²) < 4.78 is 64.8. The summed E-state index contributed by atoms with van der Waals surface area (Å²) in [6.45, 7) is 0.495. The van der Waals surface area contributed by atoms with Gasteiger partial charge in [0.1, 0.15) is 24.4 Å². The van der Waals surface area contributed by atoms with Crippen LogP contribution in [0, 0.1) is 0 Å². The minimum atomic E-state index is -2.71. The number of carboxylic acids is 1. The number of hydrogen-bond donors (Lipinski definition) is 4. The normalized spacial score (nSPS) is 19.8. The van der Waals surface area contributed by atoms with Gasteiger partial charge in [0.15, 0.2) is 29.8 Å². The van der Waals surface area contributed by atoms with E-state index in [1.807, 2.05) is 0 Å². The van der Waals surface area contributed by atoms with Crippen LogP contribution in [0.5, 0.6) is 0 Å². The average molecular weight is 535 g/mol. The number of alkyl halides is 2. The van der Waals surface area contributed by atoms with Crippen molar-refractivity contribution >= 4 is 23.7 Å². The summed E-state index contributed by atoms with van der Waals surface area (Å²) in [4.78, 5) is 48.4. The van der Waals surface area contributed by atoms with Gasteiger partial charge in [0.05, 0.1) is 19.6 Å². The number of aliphatic hydroxyl groups excluding tert-OH is 1. The average Bonchev–Trinajstić information content (AvgIpc) is 2.84. The van der Waals surface area contributed by atoms with Crippen molar-refractivity contribution < 1.29 is 51.6 Å². The molecule has 0 saturated carbocycles. The lowest BCUT2D eigenvalue weighted by Gasteiger charge is -2.27. The number of nitrogens with zero attached hydrogens (tertiary/aromatic N) is 1. The molecule has 2 amide bonds. The largest absolute Gasteiger partial charge is 0.489 e. The summed E-state index contributed by atoms with van der Waals surface area (Å²) in [5.41, 5.74) is -1.01. The van der Waals surface area contributed by atoms with E-state index in [2.05, 4.69) is 15.4 Å². The van der Waals surface area contributed by atoms with E-state index in [-0.39, 0.29) is 18.2 Å². The topological polar surface area (TPSA) is 156 Å². The lowest BCUT2D eigenvalue weighted by atomic mass is 10.1. The van der Waals surface area contributed by atoms with Gasteiger partial charge in [0.2, 0.25) is 5.91 Å². The second kappa shape index (κ2) is 12.9. The minimum Gasteiger partial charge on any atom is -0.489 e. The summed E-state index contributed by atoms with van der Waals surface area (Å²) in [7, 11) is 1.08. The van der Waals surface area contributed by atoms with Gasteiger partial charge in [0, 0.05) is 6.20 Å². The Balaban J connectivity index is 2.22. The van der Waals surface area contributed by atoms with E-state index in [9.17, 15) is 47.0 Å². The molecule has 1 heterocycles. The molecule has 1 aliphatic rings. The predicted molar refractivity (Wildman–Crippen MR) is 119 cm³/mol. The summed E-state index contributed by atoms with van der Waals surface area (Å²) in [6.07, 6.45) is -7.67. The maximum Gasteiger partial charge on any atom is 0.411 e. The summed E-state index contributed by atoms with van der Waals surface area (Å²) in [5.74, 6) is -7.29. The number of amides is 2. The Hall–Kier alpha value is -3.88. The van der Waals surface area contributed by atoms with Crippen LogP contribution in [0.2, 0.25) is 0 Å². The number of halogens is 4. The fourth-order valence-corrected chi connectivity index (χ4v) is 3.39. The van der Waals surface area contributed by atoms with Crippen LogP contribution in [-0.2, 0) is 19.1 Å².